The van der Waals surface area contributed by atoms with Gasteiger partial charge in [-0.1, -0.05) is 48.5 Å². The fraction of sp³-hybridized carbons (Fsp3) is 0.0952. The number of urea groups is 1. The van der Waals surface area contributed by atoms with E-state index in [1.165, 1.54) is 0 Å². The van der Waals surface area contributed by atoms with Crippen molar-refractivity contribution in [2.24, 2.45) is 5.73 Å². The molecule has 7 heteroatoms. The van der Waals surface area contributed by atoms with E-state index in [1.54, 1.807) is 48.3 Å². The first-order valence-corrected chi connectivity index (χ1v) is 9.65. The molecule has 1 aromatic heterocycles. The summed E-state index contributed by atoms with van der Waals surface area (Å²) in [5, 5.41) is 6.31. The summed E-state index contributed by atoms with van der Waals surface area (Å²) in [5.74, 6) is 0.101. The maximum atomic E-state index is 12.3. The van der Waals surface area contributed by atoms with Crippen LogP contribution in [0.5, 0.6) is 0 Å². The molecule has 6 nitrogen and oxygen atoms in total. The number of carbonyl (C=O) groups is 2. The molecule has 3 rings (SSSR count). The van der Waals surface area contributed by atoms with E-state index in [0.29, 0.717) is 11.3 Å². The average Bonchev–Trinajstić information content (AvgIpc) is 2.72. The first-order chi connectivity index (χ1) is 13.6. The number of benzene rings is 2. The predicted octanol–water partition coefficient (Wildman–Crippen LogP) is 3.72. The molecular weight excluding hydrogens is 372 g/mol. The van der Waals surface area contributed by atoms with Gasteiger partial charge in [-0.05, 0) is 35.4 Å². The Hall–Kier alpha value is -3.32. The lowest BCUT2D eigenvalue weighted by molar-refractivity contribution is -0.119. The quantitative estimate of drug-likeness (QED) is 0.534. The highest BCUT2D eigenvalue weighted by Crippen LogP contribution is 2.22. The molecule has 0 aliphatic carbocycles. The van der Waals surface area contributed by atoms with Gasteiger partial charge in [-0.3, -0.25) is 4.79 Å². The summed E-state index contributed by atoms with van der Waals surface area (Å²) in [4.78, 5) is 28.4. The van der Waals surface area contributed by atoms with Crippen molar-refractivity contribution in [1.82, 2.24) is 10.3 Å². The lowest BCUT2D eigenvalue weighted by Gasteiger charge is -2.16. The number of nitrogens with one attached hydrogen (secondary N) is 2. The summed E-state index contributed by atoms with van der Waals surface area (Å²) in [5.41, 5.74) is 7.75. The first-order valence-electron chi connectivity index (χ1n) is 8.66. The normalized spacial score (nSPS) is 11.4. The minimum Gasteiger partial charge on any atom is -0.368 e. The van der Waals surface area contributed by atoms with Gasteiger partial charge < -0.3 is 16.4 Å². The van der Waals surface area contributed by atoms with Crippen molar-refractivity contribution in [2.45, 2.75) is 16.8 Å². The molecule has 0 bridgehead atoms. The van der Waals surface area contributed by atoms with Crippen LogP contribution in [0.15, 0.2) is 84.0 Å². The van der Waals surface area contributed by atoms with Crippen LogP contribution in [0.3, 0.4) is 0 Å². The molecule has 28 heavy (non-hydrogen) atoms. The summed E-state index contributed by atoms with van der Waals surface area (Å²) < 4.78 is 0. The molecule has 1 atom stereocenters. The highest BCUT2D eigenvalue weighted by Gasteiger charge is 2.19. The van der Waals surface area contributed by atoms with E-state index in [2.05, 4.69) is 15.6 Å². The van der Waals surface area contributed by atoms with Gasteiger partial charge in [0.25, 0.3) is 0 Å². The number of nitrogens with zero attached hydrogens (tertiary/aromatic N) is 1. The Bertz CT molecular complexity index is 935. The number of carbonyl (C=O) groups excluding carboxylic acids is 2. The van der Waals surface area contributed by atoms with Gasteiger partial charge in [0.2, 0.25) is 5.91 Å². The van der Waals surface area contributed by atoms with E-state index in [0.717, 1.165) is 16.3 Å². The molecule has 0 saturated carbocycles. The number of amides is 3. The number of anilines is 1. The van der Waals surface area contributed by atoms with Crippen LogP contribution in [-0.2, 0) is 10.5 Å². The maximum absolute atomic E-state index is 12.3. The van der Waals surface area contributed by atoms with Crippen molar-refractivity contribution in [3.8, 4) is 0 Å². The van der Waals surface area contributed by atoms with E-state index < -0.39 is 18.0 Å². The van der Waals surface area contributed by atoms with Crippen LogP contribution >= 0.6 is 11.8 Å². The standard InChI is InChI=1S/C21H20N4O2S/c22-20(26)19(16-8-2-1-3-9-16)25-21(27)24-17-10-6-7-15(13-17)14-28-18-11-4-5-12-23-18/h1-13,19H,14H2,(H2,22,26)(H2,24,25,27)/t19-/m0/s1. The summed E-state index contributed by atoms with van der Waals surface area (Å²) in [6, 6.07) is 20.8. The molecular formula is C21H20N4O2S. The SMILES string of the molecule is NC(=O)[C@@H](NC(=O)Nc1cccc(CSc2ccccn2)c1)c1ccccc1. The Labute approximate surface area is 167 Å². The van der Waals surface area contributed by atoms with Gasteiger partial charge in [0.15, 0.2) is 0 Å². The lowest BCUT2D eigenvalue weighted by Crippen LogP contribution is -2.39. The third-order valence-electron chi connectivity index (χ3n) is 3.90. The zero-order valence-corrected chi connectivity index (χ0v) is 15.9. The van der Waals surface area contributed by atoms with Crippen molar-refractivity contribution in [2.75, 3.05) is 5.32 Å². The van der Waals surface area contributed by atoms with Crippen LogP contribution < -0.4 is 16.4 Å². The van der Waals surface area contributed by atoms with Gasteiger partial charge in [-0.15, -0.1) is 11.8 Å². The highest BCUT2D eigenvalue weighted by molar-refractivity contribution is 7.98. The maximum Gasteiger partial charge on any atom is 0.320 e. The summed E-state index contributed by atoms with van der Waals surface area (Å²) in [6.07, 6.45) is 1.76. The van der Waals surface area contributed by atoms with Crippen molar-refractivity contribution >= 4 is 29.4 Å². The topological polar surface area (TPSA) is 97.1 Å². The predicted molar refractivity (Wildman–Crippen MR) is 111 cm³/mol. The Morgan fingerprint density at radius 2 is 1.79 bits per heavy atom. The molecule has 0 saturated heterocycles. The molecule has 0 unspecified atom stereocenters. The molecule has 4 N–H and O–H groups in total. The number of pyridine rings is 1. The number of nitrogens with two attached hydrogens (primary N) is 1. The van der Waals surface area contributed by atoms with E-state index in [1.807, 2.05) is 42.5 Å². The van der Waals surface area contributed by atoms with E-state index in [4.69, 9.17) is 5.73 Å². The summed E-state index contributed by atoms with van der Waals surface area (Å²) in [6.45, 7) is 0. The number of primary amides is 1. The van der Waals surface area contributed by atoms with Gasteiger partial charge in [0.05, 0.1) is 5.03 Å². The Morgan fingerprint density at radius 3 is 2.50 bits per heavy atom. The van der Waals surface area contributed by atoms with Crippen LogP contribution in [0.1, 0.15) is 17.2 Å². The van der Waals surface area contributed by atoms with Crippen LogP contribution in [0.25, 0.3) is 0 Å². The van der Waals surface area contributed by atoms with Gasteiger partial charge in [-0.25, -0.2) is 9.78 Å². The molecule has 3 aromatic rings. The fourth-order valence-corrected chi connectivity index (χ4v) is 3.40. The van der Waals surface area contributed by atoms with E-state index in [-0.39, 0.29) is 0 Å². The molecule has 3 amide bonds. The van der Waals surface area contributed by atoms with Gasteiger partial charge >= 0.3 is 6.03 Å². The van der Waals surface area contributed by atoms with Crippen molar-refractivity contribution < 1.29 is 9.59 Å². The monoisotopic (exact) mass is 392 g/mol. The summed E-state index contributed by atoms with van der Waals surface area (Å²) in [7, 11) is 0. The Morgan fingerprint density at radius 1 is 1.00 bits per heavy atom. The van der Waals surface area contributed by atoms with Crippen LogP contribution in [-0.4, -0.2) is 16.9 Å². The zero-order valence-electron chi connectivity index (χ0n) is 15.0. The van der Waals surface area contributed by atoms with Crippen LogP contribution in [0, 0.1) is 0 Å². The lowest BCUT2D eigenvalue weighted by atomic mass is 10.1. The molecule has 1 heterocycles. The zero-order chi connectivity index (χ0) is 19.8. The molecule has 0 fully saturated rings. The van der Waals surface area contributed by atoms with Gasteiger partial charge in [-0.2, -0.15) is 0 Å². The largest absolute Gasteiger partial charge is 0.368 e. The molecule has 0 spiro atoms. The molecule has 0 aliphatic rings. The summed E-state index contributed by atoms with van der Waals surface area (Å²) >= 11 is 1.61. The fourth-order valence-electron chi connectivity index (χ4n) is 2.59. The van der Waals surface area contributed by atoms with Gasteiger partial charge in [0, 0.05) is 17.6 Å². The Balaban J connectivity index is 1.61. The minimum atomic E-state index is -0.899. The average molecular weight is 392 g/mol. The molecule has 0 radical (unpaired) electrons. The smallest absolute Gasteiger partial charge is 0.320 e. The number of hydrogen-bond donors (Lipinski definition) is 3. The van der Waals surface area contributed by atoms with Crippen LogP contribution in [0.4, 0.5) is 10.5 Å². The molecule has 142 valence electrons. The number of aromatic nitrogens is 1. The second kappa shape index (κ2) is 9.57. The van der Waals surface area contributed by atoms with Gasteiger partial charge in [0.1, 0.15) is 6.04 Å². The molecule has 2 aromatic carbocycles. The number of hydrogen-bond acceptors (Lipinski definition) is 4. The third kappa shape index (κ3) is 5.59. The third-order valence-corrected chi connectivity index (χ3v) is 4.92. The number of rotatable bonds is 7. The minimum absolute atomic E-state index is 0.498. The first kappa shape index (κ1) is 19.4. The molecule has 0 aliphatic heterocycles. The van der Waals surface area contributed by atoms with E-state index in [9.17, 15) is 9.59 Å². The van der Waals surface area contributed by atoms with Crippen molar-refractivity contribution in [1.29, 1.82) is 0 Å². The number of thioether (sulfide) groups is 1. The van der Waals surface area contributed by atoms with Crippen LogP contribution in [0.2, 0.25) is 0 Å². The second-order valence-corrected chi connectivity index (χ2v) is 7.00. The van der Waals surface area contributed by atoms with E-state index >= 15 is 0 Å². The van der Waals surface area contributed by atoms with Crippen molar-refractivity contribution in [3.05, 3.63) is 90.1 Å². The second-order valence-electron chi connectivity index (χ2n) is 6.00. The Kier molecular flexibility index (Phi) is 6.64. The highest BCUT2D eigenvalue weighted by atomic mass is 32.2. The van der Waals surface area contributed by atoms with Crippen molar-refractivity contribution in [3.63, 3.8) is 0 Å².